The lowest BCUT2D eigenvalue weighted by Crippen LogP contribution is -2.60. The summed E-state index contributed by atoms with van der Waals surface area (Å²) >= 11 is 0. The first-order chi connectivity index (χ1) is 5.38. The predicted octanol–water partition coefficient (Wildman–Crippen LogP) is -0.280. The maximum atomic E-state index is 9.47. The Balaban J connectivity index is 2.25. The van der Waals surface area contributed by atoms with E-state index < -0.39 is 6.41 Å². The number of hydrogen-bond donors (Lipinski definition) is 2. The Labute approximate surface area is 73.3 Å². The minimum absolute atomic E-state index is 0.197. The molecule has 1 heterocycles. The molecule has 0 aromatic carbocycles. The summed E-state index contributed by atoms with van der Waals surface area (Å²) in [5, 5.41) is 9.47. The van der Waals surface area contributed by atoms with E-state index in [9.17, 15) is 5.11 Å². The first kappa shape index (κ1) is 9.92. The lowest BCUT2D eigenvalue weighted by molar-refractivity contribution is -0.254. The SMILES string of the molecule is CC(C)(C)OC(O)N1CC(N)C1. The van der Waals surface area contributed by atoms with Crippen molar-refractivity contribution < 1.29 is 9.84 Å². The standard InChI is InChI=1S/C8H18N2O2/c1-8(2,3)12-7(11)10-4-6(9)5-10/h6-7,11H,4-5,9H2,1-3H3. The number of nitrogens with zero attached hydrogens (tertiary/aromatic N) is 1. The molecule has 1 aliphatic heterocycles. The number of ether oxygens (including phenoxy) is 1. The summed E-state index contributed by atoms with van der Waals surface area (Å²) in [5.41, 5.74) is 5.26. The molecule has 12 heavy (non-hydrogen) atoms. The normalized spacial score (nSPS) is 23.8. The zero-order chi connectivity index (χ0) is 9.35. The fourth-order valence-corrected chi connectivity index (χ4v) is 1.12. The van der Waals surface area contributed by atoms with Gasteiger partial charge < -0.3 is 15.6 Å². The molecule has 1 fully saturated rings. The minimum atomic E-state index is -0.801. The number of likely N-dealkylation sites (tertiary alicyclic amines) is 1. The second kappa shape index (κ2) is 3.30. The second-order valence-corrected chi connectivity index (χ2v) is 4.27. The molecular weight excluding hydrogens is 156 g/mol. The molecule has 1 aliphatic rings. The monoisotopic (exact) mass is 174 g/mol. The van der Waals surface area contributed by atoms with Gasteiger partial charge in [0.05, 0.1) is 5.60 Å². The third-order valence-electron chi connectivity index (χ3n) is 1.71. The summed E-state index contributed by atoms with van der Waals surface area (Å²) in [4.78, 5) is 1.80. The van der Waals surface area contributed by atoms with Gasteiger partial charge in [0.1, 0.15) is 0 Å². The number of aliphatic hydroxyl groups is 1. The zero-order valence-electron chi connectivity index (χ0n) is 7.95. The van der Waals surface area contributed by atoms with Crippen LogP contribution in [0.2, 0.25) is 0 Å². The van der Waals surface area contributed by atoms with Gasteiger partial charge in [-0.1, -0.05) is 0 Å². The van der Waals surface area contributed by atoms with Crippen molar-refractivity contribution in [2.45, 2.75) is 38.8 Å². The van der Waals surface area contributed by atoms with E-state index in [1.54, 1.807) is 4.90 Å². The van der Waals surface area contributed by atoms with Gasteiger partial charge in [0.2, 0.25) is 6.41 Å². The van der Waals surface area contributed by atoms with E-state index >= 15 is 0 Å². The summed E-state index contributed by atoms with van der Waals surface area (Å²) in [6.07, 6.45) is -0.801. The van der Waals surface area contributed by atoms with Gasteiger partial charge >= 0.3 is 0 Å². The Hall–Kier alpha value is -0.160. The summed E-state index contributed by atoms with van der Waals surface area (Å²) in [6, 6.07) is 0.197. The van der Waals surface area contributed by atoms with Crippen LogP contribution in [-0.4, -0.2) is 41.2 Å². The van der Waals surface area contributed by atoms with E-state index in [4.69, 9.17) is 10.5 Å². The molecule has 0 aliphatic carbocycles. The van der Waals surface area contributed by atoms with Gasteiger partial charge in [-0.25, -0.2) is 0 Å². The van der Waals surface area contributed by atoms with Crippen molar-refractivity contribution in [3.8, 4) is 0 Å². The van der Waals surface area contributed by atoms with Crippen molar-refractivity contribution in [3.63, 3.8) is 0 Å². The van der Waals surface area contributed by atoms with E-state index in [0.29, 0.717) is 0 Å². The summed E-state index contributed by atoms with van der Waals surface area (Å²) in [7, 11) is 0. The molecule has 1 saturated heterocycles. The molecule has 0 amide bonds. The third kappa shape index (κ3) is 2.71. The van der Waals surface area contributed by atoms with Gasteiger partial charge in [0.15, 0.2) is 0 Å². The summed E-state index contributed by atoms with van der Waals surface area (Å²) in [5.74, 6) is 0. The Morgan fingerprint density at radius 1 is 1.50 bits per heavy atom. The number of nitrogens with two attached hydrogens (primary N) is 1. The van der Waals surface area contributed by atoms with Crippen molar-refractivity contribution in [1.82, 2.24) is 4.90 Å². The average Bonchev–Trinajstić information content (AvgIpc) is 1.76. The van der Waals surface area contributed by atoms with Gasteiger partial charge in [0, 0.05) is 19.1 Å². The topological polar surface area (TPSA) is 58.7 Å². The van der Waals surface area contributed by atoms with Crippen molar-refractivity contribution in [3.05, 3.63) is 0 Å². The van der Waals surface area contributed by atoms with Gasteiger partial charge in [-0.15, -0.1) is 0 Å². The Bertz CT molecular complexity index is 150. The van der Waals surface area contributed by atoms with Crippen LogP contribution in [0, 0.1) is 0 Å². The Morgan fingerprint density at radius 3 is 2.33 bits per heavy atom. The van der Waals surface area contributed by atoms with Crippen LogP contribution in [0.3, 0.4) is 0 Å². The maximum Gasteiger partial charge on any atom is 0.216 e. The zero-order valence-corrected chi connectivity index (χ0v) is 7.95. The maximum absolute atomic E-state index is 9.47. The smallest absolute Gasteiger partial charge is 0.216 e. The quantitative estimate of drug-likeness (QED) is 0.565. The van der Waals surface area contributed by atoms with Crippen LogP contribution in [-0.2, 0) is 4.74 Å². The molecule has 0 saturated carbocycles. The first-order valence-electron chi connectivity index (χ1n) is 4.24. The van der Waals surface area contributed by atoms with E-state index in [1.165, 1.54) is 0 Å². The number of aliphatic hydroxyl groups excluding tert-OH is 1. The molecule has 4 heteroatoms. The Morgan fingerprint density at radius 2 is 2.00 bits per heavy atom. The molecule has 1 unspecified atom stereocenters. The predicted molar refractivity (Wildman–Crippen MR) is 46.4 cm³/mol. The molecule has 0 spiro atoms. The molecule has 4 nitrogen and oxygen atoms in total. The number of rotatable bonds is 2. The average molecular weight is 174 g/mol. The highest BCUT2D eigenvalue weighted by atomic mass is 16.6. The van der Waals surface area contributed by atoms with Crippen molar-refractivity contribution in [1.29, 1.82) is 0 Å². The van der Waals surface area contributed by atoms with Crippen LogP contribution in [0.25, 0.3) is 0 Å². The van der Waals surface area contributed by atoms with Crippen LogP contribution >= 0.6 is 0 Å². The van der Waals surface area contributed by atoms with Crippen molar-refractivity contribution >= 4 is 0 Å². The van der Waals surface area contributed by atoms with Crippen molar-refractivity contribution in [2.24, 2.45) is 5.73 Å². The first-order valence-corrected chi connectivity index (χ1v) is 4.24. The van der Waals surface area contributed by atoms with Gasteiger partial charge in [0.25, 0.3) is 0 Å². The lowest BCUT2D eigenvalue weighted by atomic mass is 10.1. The van der Waals surface area contributed by atoms with Gasteiger partial charge in [-0.3, -0.25) is 4.90 Å². The minimum Gasteiger partial charge on any atom is -0.356 e. The fourth-order valence-electron chi connectivity index (χ4n) is 1.12. The van der Waals surface area contributed by atoms with E-state index in [0.717, 1.165) is 13.1 Å². The highest BCUT2D eigenvalue weighted by Gasteiger charge is 2.31. The van der Waals surface area contributed by atoms with Gasteiger partial charge in [-0.2, -0.15) is 0 Å². The third-order valence-corrected chi connectivity index (χ3v) is 1.71. The molecule has 72 valence electrons. The lowest BCUT2D eigenvalue weighted by Gasteiger charge is -2.41. The molecule has 1 atom stereocenters. The second-order valence-electron chi connectivity index (χ2n) is 4.27. The molecule has 0 aromatic heterocycles. The van der Waals surface area contributed by atoms with Crippen LogP contribution < -0.4 is 5.73 Å². The van der Waals surface area contributed by atoms with Crippen molar-refractivity contribution in [2.75, 3.05) is 13.1 Å². The molecule has 0 radical (unpaired) electrons. The van der Waals surface area contributed by atoms with Crippen LogP contribution in [0.4, 0.5) is 0 Å². The highest BCUT2D eigenvalue weighted by molar-refractivity contribution is 4.82. The summed E-state index contributed by atoms with van der Waals surface area (Å²) in [6.45, 7) is 7.18. The molecule has 3 N–H and O–H groups in total. The summed E-state index contributed by atoms with van der Waals surface area (Å²) < 4.78 is 5.32. The highest BCUT2D eigenvalue weighted by Crippen LogP contribution is 2.16. The molecular formula is C8H18N2O2. The van der Waals surface area contributed by atoms with Crippen LogP contribution in [0.5, 0.6) is 0 Å². The largest absolute Gasteiger partial charge is 0.356 e. The molecule has 1 rings (SSSR count). The van der Waals surface area contributed by atoms with Crippen LogP contribution in [0.15, 0.2) is 0 Å². The van der Waals surface area contributed by atoms with E-state index in [1.807, 2.05) is 20.8 Å². The van der Waals surface area contributed by atoms with Crippen LogP contribution in [0.1, 0.15) is 20.8 Å². The van der Waals surface area contributed by atoms with E-state index in [-0.39, 0.29) is 11.6 Å². The van der Waals surface area contributed by atoms with E-state index in [2.05, 4.69) is 0 Å². The molecule has 0 bridgehead atoms. The fraction of sp³-hybridized carbons (Fsp3) is 1.00. The van der Waals surface area contributed by atoms with Gasteiger partial charge in [-0.05, 0) is 20.8 Å². The Kier molecular flexibility index (Phi) is 2.73. The number of hydrogen-bond acceptors (Lipinski definition) is 4. The molecule has 0 aromatic rings.